The number of rotatable bonds is 8. The lowest BCUT2D eigenvalue weighted by atomic mass is 10.1. The third-order valence-electron chi connectivity index (χ3n) is 4.31. The van der Waals surface area contributed by atoms with E-state index in [2.05, 4.69) is 5.32 Å². The Morgan fingerprint density at radius 1 is 1.04 bits per heavy atom. The molecule has 144 valence electrons. The molecule has 6 heteroatoms. The molecule has 2 rings (SSSR count). The summed E-state index contributed by atoms with van der Waals surface area (Å²) in [4.78, 5) is 12.3. The fourth-order valence-corrected chi connectivity index (χ4v) is 4.18. The highest BCUT2D eigenvalue weighted by atomic mass is 32.2. The number of hydrogen-bond donors (Lipinski definition) is 1. The topological polar surface area (TPSA) is 66.5 Å². The van der Waals surface area contributed by atoms with Crippen molar-refractivity contribution in [3.8, 4) is 0 Å². The number of carbonyl (C=O) groups excluding carboxylic acids is 1. The van der Waals surface area contributed by atoms with E-state index in [0.717, 1.165) is 11.1 Å². The van der Waals surface area contributed by atoms with E-state index in [9.17, 15) is 13.2 Å². The highest BCUT2D eigenvalue weighted by molar-refractivity contribution is 7.89. The number of sulfonamides is 1. The van der Waals surface area contributed by atoms with Crippen LogP contribution in [0.1, 0.15) is 37.9 Å². The Bertz CT molecular complexity index is 871. The molecule has 0 aliphatic heterocycles. The molecular formula is C21H26N2O3S. The van der Waals surface area contributed by atoms with E-state index in [0.29, 0.717) is 13.1 Å². The van der Waals surface area contributed by atoms with Crippen LogP contribution in [0.25, 0.3) is 6.08 Å². The molecule has 0 aliphatic rings. The van der Waals surface area contributed by atoms with Crippen LogP contribution >= 0.6 is 0 Å². The Hall–Kier alpha value is -2.44. The number of benzene rings is 2. The van der Waals surface area contributed by atoms with Crippen molar-refractivity contribution >= 4 is 22.0 Å². The third kappa shape index (κ3) is 5.52. The van der Waals surface area contributed by atoms with Crippen molar-refractivity contribution in [2.75, 3.05) is 13.1 Å². The largest absolute Gasteiger partial charge is 0.346 e. The maximum Gasteiger partial charge on any atom is 0.244 e. The molecule has 0 heterocycles. The van der Waals surface area contributed by atoms with Crippen LogP contribution in [-0.2, 0) is 14.8 Å². The van der Waals surface area contributed by atoms with Gasteiger partial charge in [0.1, 0.15) is 0 Å². The number of carbonyl (C=O) groups is 1. The maximum atomic E-state index is 12.5. The molecule has 0 fully saturated rings. The predicted octanol–water partition coefficient (Wildman–Crippen LogP) is 3.61. The molecule has 0 aromatic heterocycles. The van der Waals surface area contributed by atoms with Crippen LogP contribution in [0.4, 0.5) is 0 Å². The normalized spacial score (nSPS) is 13.0. The fraction of sp³-hybridized carbons (Fsp3) is 0.286. The van der Waals surface area contributed by atoms with Gasteiger partial charge in [-0.3, -0.25) is 4.79 Å². The summed E-state index contributed by atoms with van der Waals surface area (Å²) >= 11 is 0. The fourth-order valence-electron chi connectivity index (χ4n) is 2.72. The second-order valence-corrected chi connectivity index (χ2v) is 8.07. The highest BCUT2D eigenvalue weighted by Gasteiger charge is 2.20. The molecule has 0 saturated carbocycles. The van der Waals surface area contributed by atoms with Gasteiger partial charge >= 0.3 is 0 Å². The lowest BCUT2D eigenvalue weighted by Crippen LogP contribution is -2.30. The average Bonchev–Trinajstić information content (AvgIpc) is 2.68. The van der Waals surface area contributed by atoms with Gasteiger partial charge in [0.25, 0.3) is 0 Å². The Morgan fingerprint density at radius 3 is 2.19 bits per heavy atom. The van der Waals surface area contributed by atoms with Crippen molar-refractivity contribution in [2.45, 2.75) is 31.7 Å². The van der Waals surface area contributed by atoms with Gasteiger partial charge in [-0.25, -0.2) is 8.42 Å². The summed E-state index contributed by atoms with van der Waals surface area (Å²) in [5.74, 6) is -0.203. The molecule has 5 nitrogen and oxygen atoms in total. The maximum absolute atomic E-state index is 12.5. The van der Waals surface area contributed by atoms with Crippen LogP contribution in [0, 0.1) is 0 Å². The van der Waals surface area contributed by atoms with E-state index >= 15 is 0 Å². The van der Waals surface area contributed by atoms with E-state index in [-0.39, 0.29) is 16.8 Å². The molecule has 1 atom stereocenters. The molecule has 0 saturated heterocycles. The Labute approximate surface area is 161 Å². The average molecular weight is 387 g/mol. The van der Waals surface area contributed by atoms with Gasteiger partial charge in [-0.1, -0.05) is 56.3 Å². The predicted molar refractivity (Wildman–Crippen MR) is 109 cm³/mol. The van der Waals surface area contributed by atoms with Gasteiger partial charge in [0.05, 0.1) is 10.9 Å². The first-order valence-corrected chi connectivity index (χ1v) is 10.5. The summed E-state index contributed by atoms with van der Waals surface area (Å²) in [5.41, 5.74) is 1.79. The number of nitrogens with one attached hydrogen (secondary N) is 1. The van der Waals surface area contributed by atoms with Gasteiger partial charge in [0.15, 0.2) is 0 Å². The van der Waals surface area contributed by atoms with Gasteiger partial charge in [0.2, 0.25) is 15.9 Å². The van der Waals surface area contributed by atoms with Crippen molar-refractivity contribution < 1.29 is 13.2 Å². The first kappa shape index (κ1) is 20.9. The Balaban J connectivity index is 2.02. The minimum atomic E-state index is -3.47. The summed E-state index contributed by atoms with van der Waals surface area (Å²) in [7, 11) is -3.47. The van der Waals surface area contributed by atoms with E-state index in [1.807, 2.05) is 51.1 Å². The Kier molecular flexibility index (Phi) is 7.33. The monoisotopic (exact) mass is 386 g/mol. The van der Waals surface area contributed by atoms with E-state index in [4.69, 9.17) is 0 Å². The molecule has 0 radical (unpaired) electrons. The van der Waals surface area contributed by atoms with Crippen LogP contribution in [-0.4, -0.2) is 31.7 Å². The van der Waals surface area contributed by atoms with Crippen LogP contribution in [0.3, 0.4) is 0 Å². The summed E-state index contributed by atoms with van der Waals surface area (Å²) < 4.78 is 26.4. The molecule has 0 unspecified atom stereocenters. The summed E-state index contributed by atoms with van der Waals surface area (Å²) in [6.45, 7) is 6.41. The second-order valence-electron chi connectivity index (χ2n) is 6.13. The number of hydrogen-bond acceptors (Lipinski definition) is 3. The molecule has 0 aliphatic carbocycles. The molecule has 27 heavy (non-hydrogen) atoms. The van der Waals surface area contributed by atoms with Gasteiger partial charge in [-0.15, -0.1) is 0 Å². The number of amides is 1. The second kappa shape index (κ2) is 9.48. The van der Waals surface area contributed by atoms with Crippen molar-refractivity contribution in [1.82, 2.24) is 9.62 Å². The highest BCUT2D eigenvalue weighted by Crippen LogP contribution is 2.17. The SMILES string of the molecule is CCN(CC)S(=O)(=O)c1ccc(/C=C/C(=O)N[C@H](C)c2ccccc2)cc1. The molecule has 2 aromatic carbocycles. The zero-order valence-electron chi connectivity index (χ0n) is 15.9. The van der Waals surface area contributed by atoms with Gasteiger partial charge < -0.3 is 5.32 Å². The van der Waals surface area contributed by atoms with Crippen LogP contribution in [0.15, 0.2) is 65.6 Å². The van der Waals surface area contributed by atoms with Crippen molar-refractivity contribution in [1.29, 1.82) is 0 Å². The standard InChI is InChI=1S/C21H26N2O3S/c1-4-23(5-2)27(25,26)20-14-11-18(12-15-20)13-16-21(24)22-17(3)19-9-7-6-8-10-19/h6-17H,4-5H2,1-3H3,(H,22,24)/b16-13+/t17-/m1/s1. The van der Waals surface area contributed by atoms with Crippen LogP contribution in [0.2, 0.25) is 0 Å². The lowest BCUT2D eigenvalue weighted by molar-refractivity contribution is -0.117. The minimum Gasteiger partial charge on any atom is -0.346 e. The van der Waals surface area contributed by atoms with E-state index in [1.54, 1.807) is 30.3 Å². The number of nitrogens with zero attached hydrogens (tertiary/aromatic N) is 1. The molecule has 0 bridgehead atoms. The molecule has 1 amide bonds. The minimum absolute atomic E-state index is 0.0926. The van der Waals surface area contributed by atoms with Gasteiger partial charge in [0, 0.05) is 19.2 Å². The third-order valence-corrected chi connectivity index (χ3v) is 6.37. The summed E-state index contributed by atoms with van der Waals surface area (Å²) in [5, 5.41) is 2.90. The van der Waals surface area contributed by atoms with Crippen molar-refractivity contribution in [3.63, 3.8) is 0 Å². The lowest BCUT2D eigenvalue weighted by Gasteiger charge is -2.18. The van der Waals surface area contributed by atoms with Crippen LogP contribution in [0.5, 0.6) is 0 Å². The van der Waals surface area contributed by atoms with Crippen molar-refractivity contribution in [2.24, 2.45) is 0 Å². The van der Waals surface area contributed by atoms with Gasteiger partial charge in [-0.05, 0) is 36.3 Å². The molecule has 0 spiro atoms. The zero-order valence-corrected chi connectivity index (χ0v) is 16.7. The summed E-state index contributed by atoms with van der Waals surface area (Å²) in [6, 6.07) is 16.2. The zero-order chi connectivity index (χ0) is 19.9. The van der Waals surface area contributed by atoms with E-state index < -0.39 is 10.0 Å². The van der Waals surface area contributed by atoms with E-state index in [1.165, 1.54) is 10.4 Å². The smallest absolute Gasteiger partial charge is 0.244 e. The first-order chi connectivity index (χ1) is 12.9. The molecule has 1 N–H and O–H groups in total. The van der Waals surface area contributed by atoms with Crippen LogP contribution < -0.4 is 5.32 Å². The quantitative estimate of drug-likeness (QED) is 0.705. The van der Waals surface area contributed by atoms with Gasteiger partial charge in [-0.2, -0.15) is 4.31 Å². The Morgan fingerprint density at radius 2 is 1.63 bits per heavy atom. The van der Waals surface area contributed by atoms with Crippen molar-refractivity contribution in [3.05, 3.63) is 71.8 Å². The first-order valence-electron chi connectivity index (χ1n) is 9.02. The summed E-state index contributed by atoms with van der Waals surface area (Å²) in [6.07, 6.45) is 3.12. The molecule has 2 aromatic rings. The molecular weight excluding hydrogens is 360 g/mol.